The van der Waals surface area contributed by atoms with Crippen LogP contribution < -0.4 is 0 Å². The maximum Gasteiger partial charge on any atom is 0.211 e. The molecule has 1 atom stereocenters. The number of aliphatic hydroxyl groups is 1. The molecule has 1 heterocycles. The van der Waals surface area contributed by atoms with E-state index in [0.29, 0.717) is 13.1 Å². The Balaban J connectivity index is 2.55. The summed E-state index contributed by atoms with van der Waals surface area (Å²) in [6.07, 6.45) is 3.82. The fourth-order valence-electron chi connectivity index (χ4n) is 1.65. The lowest BCUT2D eigenvalue weighted by Crippen LogP contribution is -2.30. The van der Waals surface area contributed by atoms with Crippen molar-refractivity contribution in [2.45, 2.75) is 19.3 Å². The van der Waals surface area contributed by atoms with Crippen molar-refractivity contribution in [3.05, 3.63) is 0 Å². The zero-order chi connectivity index (χ0) is 9.90. The number of hydrogen-bond donors (Lipinski definition) is 1. The van der Waals surface area contributed by atoms with Gasteiger partial charge >= 0.3 is 0 Å². The second kappa shape index (κ2) is 4.39. The summed E-state index contributed by atoms with van der Waals surface area (Å²) in [6, 6.07) is 0. The van der Waals surface area contributed by atoms with Crippen LogP contribution in [0.5, 0.6) is 0 Å². The molecule has 0 radical (unpaired) electrons. The van der Waals surface area contributed by atoms with Crippen LogP contribution in [0.3, 0.4) is 0 Å². The van der Waals surface area contributed by atoms with E-state index in [2.05, 4.69) is 0 Å². The molecule has 1 aliphatic heterocycles. The van der Waals surface area contributed by atoms with Crippen molar-refractivity contribution in [1.82, 2.24) is 4.31 Å². The Hall–Kier alpha value is -0.130. The maximum absolute atomic E-state index is 11.2. The molecule has 0 bridgehead atoms. The SMILES string of the molecule is CS(=O)(=O)N1CCCC(CO)CC1. The standard InChI is InChI=1S/C8H17NO3S/c1-13(11,12)9-5-2-3-8(7-10)4-6-9/h8,10H,2-7H2,1H3. The van der Waals surface area contributed by atoms with Gasteiger partial charge in [-0.1, -0.05) is 0 Å². The molecule has 1 unspecified atom stereocenters. The van der Waals surface area contributed by atoms with Crippen LogP contribution in [0.2, 0.25) is 0 Å². The average molecular weight is 207 g/mol. The van der Waals surface area contributed by atoms with Crippen LogP contribution in [0.15, 0.2) is 0 Å². The summed E-state index contributed by atoms with van der Waals surface area (Å²) in [5.74, 6) is 0.284. The highest BCUT2D eigenvalue weighted by molar-refractivity contribution is 7.88. The second-order valence-electron chi connectivity index (χ2n) is 3.64. The van der Waals surface area contributed by atoms with Crippen LogP contribution in [0.4, 0.5) is 0 Å². The summed E-state index contributed by atoms with van der Waals surface area (Å²) in [5.41, 5.74) is 0. The summed E-state index contributed by atoms with van der Waals surface area (Å²) in [7, 11) is -3.03. The van der Waals surface area contributed by atoms with E-state index in [1.54, 1.807) is 0 Å². The average Bonchev–Trinajstić information content (AvgIpc) is 2.26. The van der Waals surface area contributed by atoms with Crippen molar-refractivity contribution in [3.63, 3.8) is 0 Å². The molecule has 0 aromatic carbocycles. The topological polar surface area (TPSA) is 57.6 Å². The summed E-state index contributed by atoms with van der Waals surface area (Å²) < 4.78 is 23.9. The molecule has 1 N–H and O–H groups in total. The highest BCUT2D eigenvalue weighted by Gasteiger charge is 2.21. The quantitative estimate of drug-likeness (QED) is 0.695. The molecule has 5 heteroatoms. The molecule has 1 rings (SSSR count). The lowest BCUT2D eigenvalue weighted by molar-refractivity contribution is 0.214. The lowest BCUT2D eigenvalue weighted by atomic mass is 10.0. The van der Waals surface area contributed by atoms with Gasteiger partial charge in [-0.3, -0.25) is 0 Å². The minimum absolute atomic E-state index is 0.178. The first-order valence-electron chi connectivity index (χ1n) is 4.60. The van der Waals surface area contributed by atoms with E-state index in [0.717, 1.165) is 19.3 Å². The molecule has 4 nitrogen and oxygen atoms in total. The van der Waals surface area contributed by atoms with Crippen molar-refractivity contribution in [3.8, 4) is 0 Å². The minimum atomic E-state index is -3.03. The summed E-state index contributed by atoms with van der Waals surface area (Å²) in [4.78, 5) is 0. The molecule has 0 aromatic heterocycles. The molecule has 78 valence electrons. The molecule has 1 saturated heterocycles. The van der Waals surface area contributed by atoms with Gasteiger partial charge in [0.1, 0.15) is 0 Å². The third-order valence-corrected chi connectivity index (χ3v) is 3.84. The second-order valence-corrected chi connectivity index (χ2v) is 5.62. The first-order chi connectivity index (χ1) is 6.04. The monoisotopic (exact) mass is 207 g/mol. The number of aliphatic hydroxyl groups excluding tert-OH is 1. The summed E-state index contributed by atoms with van der Waals surface area (Å²) >= 11 is 0. The highest BCUT2D eigenvalue weighted by Crippen LogP contribution is 2.18. The molecular formula is C8H17NO3S. The zero-order valence-corrected chi connectivity index (χ0v) is 8.76. The molecule has 0 spiro atoms. The Bertz CT molecular complexity index is 250. The highest BCUT2D eigenvalue weighted by atomic mass is 32.2. The van der Waals surface area contributed by atoms with Crippen LogP contribution in [0, 0.1) is 5.92 Å². The Morgan fingerprint density at radius 3 is 2.62 bits per heavy atom. The summed E-state index contributed by atoms with van der Waals surface area (Å²) in [6.45, 7) is 1.34. The van der Waals surface area contributed by atoms with E-state index in [-0.39, 0.29) is 12.5 Å². The Morgan fingerprint density at radius 1 is 1.38 bits per heavy atom. The first-order valence-corrected chi connectivity index (χ1v) is 6.45. The van der Waals surface area contributed by atoms with Crippen molar-refractivity contribution < 1.29 is 13.5 Å². The van der Waals surface area contributed by atoms with Gasteiger partial charge in [-0.05, 0) is 25.2 Å². The normalized spacial score (nSPS) is 27.1. The van der Waals surface area contributed by atoms with Crippen LogP contribution in [0.1, 0.15) is 19.3 Å². The molecule has 0 amide bonds. The van der Waals surface area contributed by atoms with E-state index in [4.69, 9.17) is 5.11 Å². The van der Waals surface area contributed by atoms with Crippen molar-refractivity contribution in [2.24, 2.45) is 5.92 Å². The predicted molar refractivity (Wildman–Crippen MR) is 50.8 cm³/mol. The van der Waals surface area contributed by atoms with Gasteiger partial charge in [-0.2, -0.15) is 0 Å². The molecular weight excluding hydrogens is 190 g/mol. The van der Waals surface area contributed by atoms with Gasteiger partial charge in [-0.15, -0.1) is 0 Å². The van der Waals surface area contributed by atoms with Crippen LogP contribution >= 0.6 is 0 Å². The zero-order valence-electron chi connectivity index (χ0n) is 7.94. The molecule has 0 aliphatic carbocycles. The molecule has 0 aromatic rings. The largest absolute Gasteiger partial charge is 0.396 e. The van der Waals surface area contributed by atoms with Crippen molar-refractivity contribution in [1.29, 1.82) is 0 Å². The van der Waals surface area contributed by atoms with E-state index < -0.39 is 10.0 Å². The fourth-order valence-corrected chi connectivity index (χ4v) is 2.55. The van der Waals surface area contributed by atoms with Crippen molar-refractivity contribution in [2.75, 3.05) is 26.0 Å². The Kier molecular flexibility index (Phi) is 3.70. The van der Waals surface area contributed by atoms with Gasteiger partial charge < -0.3 is 5.11 Å². The van der Waals surface area contributed by atoms with E-state index in [9.17, 15) is 8.42 Å². The van der Waals surface area contributed by atoms with Gasteiger partial charge in [0.25, 0.3) is 0 Å². The van der Waals surface area contributed by atoms with E-state index in [1.165, 1.54) is 10.6 Å². The number of rotatable bonds is 2. The Morgan fingerprint density at radius 2 is 2.08 bits per heavy atom. The third kappa shape index (κ3) is 3.25. The van der Waals surface area contributed by atoms with E-state index in [1.807, 2.05) is 0 Å². The first kappa shape index (κ1) is 10.9. The lowest BCUT2D eigenvalue weighted by Gasteiger charge is -2.16. The van der Waals surface area contributed by atoms with Gasteiger partial charge in [-0.25, -0.2) is 12.7 Å². The van der Waals surface area contributed by atoms with Crippen LogP contribution in [-0.4, -0.2) is 43.8 Å². The number of hydrogen-bond acceptors (Lipinski definition) is 3. The van der Waals surface area contributed by atoms with Gasteiger partial charge in [0.05, 0.1) is 6.26 Å². The smallest absolute Gasteiger partial charge is 0.211 e. The number of nitrogens with zero attached hydrogens (tertiary/aromatic N) is 1. The van der Waals surface area contributed by atoms with Crippen LogP contribution in [-0.2, 0) is 10.0 Å². The van der Waals surface area contributed by atoms with E-state index >= 15 is 0 Å². The third-order valence-electron chi connectivity index (χ3n) is 2.53. The molecule has 13 heavy (non-hydrogen) atoms. The molecule has 1 aliphatic rings. The van der Waals surface area contributed by atoms with Gasteiger partial charge in [0.15, 0.2) is 0 Å². The predicted octanol–water partition coefficient (Wildman–Crippen LogP) is 0.0404. The fraction of sp³-hybridized carbons (Fsp3) is 1.00. The number of sulfonamides is 1. The molecule has 0 saturated carbocycles. The van der Waals surface area contributed by atoms with Gasteiger partial charge in [0, 0.05) is 19.7 Å². The van der Waals surface area contributed by atoms with Crippen LogP contribution in [0.25, 0.3) is 0 Å². The Labute approximate surface area is 79.6 Å². The minimum Gasteiger partial charge on any atom is -0.396 e. The molecule has 1 fully saturated rings. The van der Waals surface area contributed by atoms with Gasteiger partial charge in [0.2, 0.25) is 10.0 Å². The van der Waals surface area contributed by atoms with Crippen molar-refractivity contribution >= 4 is 10.0 Å². The summed E-state index contributed by atoms with van der Waals surface area (Å²) in [5, 5.41) is 8.94. The maximum atomic E-state index is 11.2.